The average molecular weight is 297 g/mol. The highest BCUT2D eigenvalue weighted by Crippen LogP contribution is 2.41. The largest absolute Gasteiger partial charge is 0.399 e. The average Bonchev–Trinajstić information content (AvgIpc) is 3.16. The highest BCUT2D eigenvalue weighted by atomic mass is 32.1. The van der Waals surface area contributed by atoms with Crippen molar-refractivity contribution in [1.29, 1.82) is 0 Å². The first-order chi connectivity index (χ1) is 10.1. The molecule has 1 aromatic carbocycles. The number of aromatic nitrogens is 2. The van der Waals surface area contributed by atoms with E-state index in [1.165, 1.54) is 39.5 Å². The minimum absolute atomic E-state index is 0.640. The van der Waals surface area contributed by atoms with Crippen LogP contribution in [-0.4, -0.2) is 9.55 Å². The van der Waals surface area contributed by atoms with Gasteiger partial charge < -0.3 is 10.3 Å². The number of nitrogens with two attached hydrogens (primary N) is 1. The molecule has 1 aliphatic carbocycles. The molecule has 3 nitrogen and oxygen atoms in total. The molecule has 0 aliphatic heterocycles. The summed E-state index contributed by atoms with van der Waals surface area (Å²) in [6.45, 7) is 5.30. The molecule has 0 radical (unpaired) electrons. The van der Waals surface area contributed by atoms with Gasteiger partial charge in [0.1, 0.15) is 5.82 Å². The van der Waals surface area contributed by atoms with Crippen molar-refractivity contribution >= 4 is 28.1 Å². The third kappa shape index (κ3) is 2.23. The van der Waals surface area contributed by atoms with Crippen molar-refractivity contribution in [2.24, 2.45) is 0 Å². The highest BCUT2D eigenvalue weighted by molar-refractivity contribution is 7.12. The van der Waals surface area contributed by atoms with E-state index >= 15 is 0 Å². The van der Waals surface area contributed by atoms with Crippen molar-refractivity contribution in [3.05, 3.63) is 45.4 Å². The van der Waals surface area contributed by atoms with Gasteiger partial charge in [-0.2, -0.15) is 0 Å². The predicted molar refractivity (Wildman–Crippen MR) is 89.0 cm³/mol. The maximum Gasteiger partial charge on any atom is 0.113 e. The van der Waals surface area contributed by atoms with Gasteiger partial charge in [-0.25, -0.2) is 4.98 Å². The van der Waals surface area contributed by atoms with Crippen LogP contribution in [0.2, 0.25) is 0 Å². The number of anilines is 1. The number of hydrogen-bond acceptors (Lipinski definition) is 3. The molecular formula is C17H19N3S. The number of thiophene rings is 1. The summed E-state index contributed by atoms with van der Waals surface area (Å²) in [7, 11) is 0. The standard InChI is InChI=1S/C17H19N3S/c1-10-7-14(21-11(10)2)9-20-16-6-5-13(18)8-15(16)19-17(20)12-3-4-12/h5-8,12H,3-4,9,18H2,1-2H3. The molecule has 1 fully saturated rings. The van der Waals surface area contributed by atoms with E-state index in [0.717, 1.165) is 17.7 Å². The van der Waals surface area contributed by atoms with E-state index in [0.29, 0.717) is 5.92 Å². The van der Waals surface area contributed by atoms with Gasteiger partial charge in [0.05, 0.1) is 17.6 Å². The zero-order chi connectivity index (χ0) is 14.6. The number of imidazole rings is 1. The van der Waals surface area contributed by atoms with E-state index in [2.05, 4.69) is 30.5 Å². The van der Waals surface area contributed by atoms with E-state index in [-0.39, 0.29) is 0 Å². The zero-order valence-electron chi connectivity index (χ0n) is 12.4. The van der Waals surface area contributed by atoms with Crippen LogP contribution in [-0.2, 0) is 6.54 Å². The Balaban J connectivity index is 1.83. The molecule has 0 atom stereocenters. The Morgan fingerprint density at radius 1 is 1.29 bits per heavy atom. The van der Waals surface area contributed by atoms with E-state index in [1.807, 2.05) is 23.5 Å². The molecule has 4 heteroatoms. The lowest BCUT2D eigenvalue weighted by atomic mass is 10.2. The molecule has 0 unspecified atom stereocenters. The molecule has 0 amide bonds. The zero-order valence-corrected chi connectivity index (χ0v) is 13.2. The number of nitrogens with zero attached hydrogens (tertiary/aromatic N) is 2. The van der Waals surface area contributed by atoms with Gasteiger partial charge in [-0.15, -0.1) is 11.3 Å². The summed E-state index contributed by atoms with van der Waals surface area (Å²) >= 11 is 1.89. The van der Waals surface area contributed by atoms with Crippen LogP contribution in [0, 0.1) is 13.8 Å². The first-order valence-corrected chi connectivity index (χ1v) is 8.25. The number of nitrogen functional groups attached to an aromatic ring is 1. The summed E-state index contributed by atoms with van der Waals surface area (Å²) in [4.78, 5) is 7.66. The van der Waals surface area contributed by atoms with Gasteiger partial charge in [-0.05, 0) is 56.5 Å². The molecular weight excluding hydrogens is 278 g/mol. The summed E-state index contributed by atoms with van der Waals surface area (Å²) in [5.74, 6) is 1.88. The second kappa shape index (κ2) is 4.60. The number of benzene rings is 1. The minimum atomic E-state index is 0.640. The van der Waals surface area contributed by atoms with Crippen LogP contribution >= 0.6 is 11.3 Å². The summed E-state index contributed by atoms with van der Waals surface area (Å²) in [5, 5.41) is 0. The summed E-state index contributed by atoms with van der Waals surface area (Å²) < 4.78 is 2.39. The van der Waals surface area contributed by atoms with Crippen LogP contribution in [0.15, 0.2) is 24.3 Å². The van der Waals surface area contributed by atoms with Crippen molar-refractivity contribution < 1.29 is 0 Å². The van der Waals surface area contributed by atoms with Crippen LogP contribution in [0.5, 0.6) is 0 Å². The van der Waals surface area contributed by atoms with Crippen LogP contribution in [0.25, 0.3) is 11.0 Å². The van der Waals surface area contributed by atoms with Crippen LogP contribution in [0.4, 0.5) is 5.69 Å². The number of aryl methyl sites for hydroxylation is 2. The Morgan fingerprint density at radius 3 is 2.76 bits per heavy atom. The number of fused-ring (bicyclic) bond motifs is 1. The van der Waals surface area contributed by atoms with E-state index < -0.39 is 0 Å². The van der Waals surface area contributed by atoms with E-state index in [9.17, 15) is 0 Å². The summed E-state index contributed by atoms with van der Waals surface area (Å²) in [6, 6.07) is 8.38. The fourth-order valence-electron chi connectivity index (χ4n) is 2.87. The molecule has 21 heavy (non-hydrogen) atoms. The van der Waals surface area contributed by atoms with Gasteiger partial charge in [-0.1, -0.05) is 0 Å². The molecule has 1 saturated carbocycles. The van der Waals surface area contributed by atoms with Gasteiger partial charge in [0.25, 0.3) is 0 Å². The van der Waals surface area contributed by atoms with Crippen molar-refractivity contribution in [3.8, 4) is 0 Å². The lowest BCUT2D eigenvalue weighted by Gasteiger charge is -2.07. The molecule has 4 rings (SSSR count). The third-order valence-electron chi connectivity index (χ3n) is 4.28. The monoisotopic (exact) mass is 297 g/mol. The Bertz CT molecular complexity index is 805. The van der Waals surface area contributed by atoms with Crippen molar-refractivity contribution in [2.75, 3.05) is 5.73 Å². The smallest absolute Gasteiger partial charge is 0.113 e. The molecule has 1 aliphatic rings. The van der Waals surface area contributed by atoms with E-state index in [1.54, 1.807) is 0 Å². The molecule has 0 spiro atoms. The molecule has 2 aromatic heterocycles. The molecule has 3 aromatic rings. The SMILES string of the molecule is Cc1cc(Cn2c(C3CC3)nc3cc(N)ccc32)sc1C. The van der Waals surface area contributed by atoms with Gasteiger partial charge in [0.2, 0.25) is 0 Å². The van der Waals surface area contributed by atoms with Gasteiger partial charge in [0.15, 0.2) is 0 Å². The van der Waals surface area contributed by atoms with Gasteiger partial charge in [-0.3, -0.25) is 0 Å². The molecule has 108 valence electrons. The molecule has 0 saturated heterocycles. The lowest BCUT2D eigenvalue weighted by Crippen LogP contribution is -2.03. The first-order valence-electron chi connectivity index (χ1n) is 7.43. The van der Waals surface area contributed by atoms with Crippen molar-refractivity contribution in [1.82, 2.24) is 9.55 Å². The second-order valence-electron chi connectivity index (χ2n) is 6.03. The van der Waals surface area contributed by atoms with Crippen molar-refractivity contribution in [2.45, 2.75) is 39.2 Å². The maximum atomic E-state index is 5.90. The number of hydrogen-bond donors (Lipinski definition) is 1. The Morgan fingerprint density at radius 2 is 2.10 bits per heavy atom. The van der Waals surface area contributed by atoms with Crippen LogP contribution in [0.1, 0.15) is 39.9 Å². The second-order valence-corrected chi connectivity index (χ2v) is 7.37. The van der Waals surface area contributed by atoms with Crippen molar-refractivity contribution in [3.63, 3.8) is 0 Å². The molecule has 2 N–H and O–H groups in total. The van der Waals surface area contributed by atoms with Gasteiger partial charge in [0, 0.05) is 21.4 Å². The first kappa shape index (κ1) is 12.9. The number of rotatable bonds is 3. The molecule has 0 bridgehead atoms. The topological polar surface area (TPSA) is 43.8 Å². The Kier molecular flexibility index (Phi) is 2.82. The summed E-state index contributed by atoms with van der Waals surface area (Å²) in [5.41, 5.74) is 10.3. The van der Waals surface area contributed by atoms with Crippen LogP contribution in [0.3, 0.4) is 0 Å². The Labute approximate surface area is 128 Å². The van der Waals surface area contributed by atoms with E-state index in [4.69, 9.17) is 10.7 Å². The third-order valence-corrected chi connectivity index (χ3v) is 5.41. The maximum absolute atomic E-state index is 5.90. The lowest BCUT2D eigenvalue weighted by molar-refractivity contribution is 0.755. The quantitative estimate of drug-likeness (QED) is 0.735. The van der Waals surface area contributed by atoms with Gasteiger partial charge >= 0.3 is 0 Å². The highest BCUT2D eigenvalue weighted by Gasteiger charge is 2.29. The fourth-order valence-corrected chi connectivity index (χ4v) is 3.91. The minimum Gasteiger partial charge on any atom is -0.399 e. The summed E-state index contributed by atoms with van der Waals surface area (Å²) in [6.07, 6.45) is 2.53. The van der Waals surface area contributed by atoms with Crippen LogP contribution < -0.4 is 5.73 Å². The predicted octanol–water partition coefficient (Wildman–Crippen LogP) is 4.22. The Hall–Kier alpha value is -1.81. The fraction of sp³-hybridized carbons (Fsp3) is 0.353. The molecule has 2 heterocycles. The normalized spacial score (nSPS) is 15.0.